The van der Waals surface area contributed by atoms with Crippen LogP contribution in [0, 0.1) is 6.92 Å². The molecule has 3 aromatic rings. The van der Waals surface area contributed by atoms with Crippen LogP contribution in [0.15, 0.2) is 58.0 Å². The molecule has 0 aliphatic carbocycles. The molecule has 1 amide bonds. The number of Topliss-reactive ketones (excluding diaryl/α,β-unsaturated/α-hetero) is 1. The van der Waals surface area contributed by atoms with E-state index in [4.69, 9.17) is 9.15 Å². The fourth-order valence-corrected chi connectivity index (χ4v) is 4.12. The summed E-state index contributed by atoms with van der Waals surface area (Å²) in [7, 11) is 0. The van der Waals surface area contributed by atoms with E-state index in [0.717, 1.165) is 12.8 Å². The lowest BCUT2D eigenvalue weighted by atomic mass is 9.99. The van der Waals surface area contributed by atoms with Crippen LogP contribution in [0.5, 0.6) is 5.75 Å². The quantitative estimate of drug-likeness (QED) is 0.245. The molecular weight excluding hydrogens is 416 g/mol. The molecule has 0 radical (unpaired) electrons. The molecule has 7 nitrogen and oxygen atoms in total. The zero-order valence-corrected chi connectivity index (χ0v) is 18.0. The van der Waals surface area contributed by atoms with Crippen LogP contribution in [0.2, 0.25) is 0 Å². The first-order valence-corrected chi connectivity index (χ1v) is 10.9. The average Bonchev–Trinajstić information content (AvgIpc) is 3.49. The van der Waals surface area contributed by atoms with Gasteiger partial charge in [0.15, 0.2) is 5.13 Å². The summed E-state index contributed by atoms with van der Waals surface area (Å²) in [6.45, 7) is 4.40. The minimum Gasteiger partial charge on any atom is -0.507 e. The van der Waals surface area contributed by atoms with Crippen LogP contribution in [-0.4, -0.2) is 28.4 Å². The van der Waals surface area contributed by atoms with Crippen molar-refractivity contribution in [2.24, 2.45) is 0 Å². The van der Waals surface area contributed by atoms with E-state index in [0.29, 0.717) is 34.6 Å². The first kappa shape index (κ1) is 20.9. The van der Waals surface area contributed by atoms with Crippen molar-refractivity contribution in [2.75, 3.05) is 11.5 Å². The van der Waals surface area contributed by atoms with E-state index in [1.165, 1.54) is 16.2 Å². The standard InChI is InChI=1S/C23H22N2O5S/c1-3-4-11-29-16-7-5-6-15(13-16)20(26)18-19(17-9-8-14(2)30-17)25(22(28)21(18)27)23-24-10-12-31-23/h5-10,12-13,19,26H,3-4,11H2,1-2H3. The Morgan fingerprint density at radius 2 is 2.13 bits per heavy atom. The second kappa shape index (κ2) is 8.77. The third-order valence-electron chi connectivity index (χ3n) is 4.97. The van der Waals surface area contributed by atoms with Gasteiger partial charge in [-0.05, 0) is 37.6 Å². The number of rotatable bonds is 7. The maximum absolute atomic E-state index is 13.0. The number of hydrogen-bond acceptors (Lipinski definition) is 7. The van der Waals surface area contributed by atoms with E-state index in [9.17, 15) is 14.7 Å². The SMILES string of the molecule is CCCCOc1cccc(C(O)=C2C(=O)C(=O)N(c3nccs3)C2c2ccc(C)o2)c1. The highest BCUT2D eigenvalue weighted by Crippen LogP contribution is 2.43. The summed E-state index contributed by atoms with van der Waals surface area (Å²) in [5.74, 6) is -0.237. The van der Waals surface area contributed by atoms with E-state index in [2.05, 4.69) is 11.9 Å². The second-order valence-corrected chi connectivity index (χ2v) is 8.04. The highest BCUT2D eigenvalue weighted by Gasteiger charge is 2.49. The molecule has 1 fully saturated rings. The number of aliphatic hydroxyl groups is 1. The molecule has 4 rings (SSSR count). The largest absolute Gasteiger partial charge is 0.507 e. The molecule has 0 spiro atoms. The number of furan rings is 1. The molecule has 1 saturated heterocycles. The highest BCUT2D eigenvalue weighted by atomic mass is 32.1. The van der Waals surface area contributed by atoms with Gasteiger partial charge in [-0.3, -0.25) is 14.5 Å². The fourth-order valence-electron chi connectivity index (χ4n) is 3.46. The summed E-state index contributed by atoms with van der Waals surface area (Å²) in [5, 5.41) is 13.2. The summed E-state index contributed by atoms with van der Waals surface area (Å²) >= 11 is 1.23. The number of carbonyl (C=O) groups is 2. The van der Waals surface area contributed by atoms with Crippen LogP contribution in [0.4, 0.5) is 5.13 Å². The van der Waals surface area contributed by atoms with Crippen molar-refractivity contribution in [2.45, 2.75) is 32.7 Å². The summed E-state index contributed by atoms with van der Waals surface area (Å²) in [6.07, 6.45) is 3.47. The normalized spacial score (nSPS) is 18.0. The van der Waals surface area contributed by atoms with Crippen LogP contribution < -0.4 is 9.64 Å². The number of aryl methyl sites for hydroxylation is 1. The molecule has 1 N–H and O–H groups in total. The van der Waals surface area contributed by atoms with Gasteiger partial charge < -0.3 is 14.3 Å². The Labute approximate surface area is 183 Å². The van der Waals surface area contributed by atoms with Crippen molar-refractivity contribution < 1.29 is 23.8 Å². The van der Waals surface area contributed by atoms with E-state index >= 15 is 0 Å². The van der Waals surface area contributed by atoms with Gasteiger partial charge in [0.25, 0.3) is 5.78 Å². The van der Waals surface area contributed by atoms with Crippen LogP contribution in [0.1, 0.15) is 42.9 Å². The van der Waals surface area contributed by atoms with Gasteiger partial charge in [-0.15, -0.1) is 11.3 Å². The van der Waals surface area contributed by atoms with Gasteiger partial charge in [0.1, 0.15) is 29.1 Å². The van der Waals surface area contributed by atoms with Gasteiger partial charge in [0, 0.05) is 17.1 Å². The molecule has 1 aromatic carbocycles. The number of unbranched alkanes of at least 4 members (excludes halogenated alkanes) is 1. The number of anilines is 1. The lowest BCUT2D eigenvalue weighted by Crippen LogP contribution is -2.29. The molecule has 3 heterocycles. The van der Waals surface area contributed by atoms with Gasteiger partial charge in [0.2, 0.25) is 0 Å². The summed E-state index contributed by atoms with van der Waals surface area (Å²) in [4.78, 5) is 31.4. The van der Waals surface area contributed by atoms with Crippen molar-refractivity contribution in [3.05, 3.63) is 70.6 Å². The molecule has 1 atom stereocenters. The predicted molar refractivity (Wildman–Crippen MR) is 117 cm³/mol. The molecule has 160 valence electrons. The fraction of sp³-hybridized carbons (Fsp3) is 0.261. The number of ketones is 1. The van der Waals surface area contributed by atoms with Crippen LogP contribution in [-0.2, 0) is 9.59 Å². The van der Waals surface area contributed by atoms with Crippen LogP contribution in [0.3, 0.4) is 0 Å². The lowest BCUT2D eigenvalue weighted by Gasteiger charge is -2.20. The molecule has 1 unspecified atom stereocenters. The number of thiazole rings is 1. The first-order chi connectivity index (χ1) is 15.0. The summed E-state index contributed by atoms with van der Waals surface area (Å²) in [6, 6.07) is 9.39. The maximum atomic E-state index is 13.0. The maximum Gasteiger partial charge on any atom is 0.302 e. The third-order valence-corrected chi connectivity index (χ3v) is 5.75. The Hall–Kier alpha value is -3.39. The van der Waals surface area contributed by atoms with E-state index in [1.807, 2.05) is 0 Å². The van der Waals surface area contributed by atoms with Gasteiger partial charge >= 0.3 is 5.91 Å². The van der Waals surface area contributed by atoms with Crippen molar-refractivity contribution in [3.8, 4) is 5.75 Å². The molecule has 31 heavy (non-hydrogen) atoms. The second-order valence-electron chi connectivity index (χ2n) is 7.16. The predicted octanol–water partition coefficient (Wildman–Crippen LogP) is 4.85. The number of nitrogens with zero attached hydrogens (tertiary/aromatic N) is 2. The molecular formula is C23H22N2O5S. The van der Waals surface area contributed by atoms with Crippen LogP contribution in [0.25, 0.3) is 5.76 Å². The number of aliphatic hydroxyl groups excluding tert-OH is 1. The van der Waals surface area contributed by atoms with Crippen molar-refractivity contribution in [3.63, 3.8) is 0 Å². The zero-order valence-electron chi connectivity index (χ0n) is 17.2. The monoisotopic (exact) mass is 438 g/mol. The number of hydrogen-bond donors (Lipinski definition) is 1. The van der Waals surface area contributed by atoms with Crippen molar-refractivity contribution >= 4 is 33.9 Å². The molecule has 2 aromatic heterocycles. The Kier molecular flexibility index (Phi) is 5.90. The summed E-state index contributed by atoms with van der Waals surface area (Å²) < 4.78 is 11.5. The van der Waals surface area contributed by atoms with Crippen molar-refractivity contribution in [1.82, 2.24) is 4.98 Å². The van der Waals surface area contributed by atoms with Gasteiger partial charge in [-0.2, -0.15) is 0 Å². The van der Waals surface area contributed by atoms with Crippen molar-refractivity contribution in [1.29, 1.82) is 0 Å². The van der Waals surface area contributed by atoms with Gasteiger partial charge in [-0.1, -0.05) is 25.5 Å². The van der Waals surface area contributed by atoms with Gasteiger partial charge in [-0.25, -0.2) is 4.98 Å². The Balaban J connectivity index is 1.81. The van der Waals surface area contributed by atoms with E-state index < -0.39 is 17.7 Å². The molecule has 8 heteroatoms. The lowest BCUT2D eigenvalue weighted by molar-refractivity contribution is -0.132. The van der Waals surface area contributed by atoms with Crippen LogP contribution >= 0.6 is 11.3 Å². The molecule has 1 aliphatic rings. The smallest absolute Gasteiger partial charge is 0.302 e. The number of amides is 1. The number of aromatic nitrogens is 1. The highest BCUT2D eigenvalue weighted by molar-refractivity contribution is 7.14. The minimum absolute atomic E-state index is 0.0414. The number of ether oxygens (including phenoxy) is 1. The first-order valence-electron chi connectivity index (χ1n) is 10.0. The summed E-state index contributed by atoms with van der Waals surface area (Å²) in [5.41, 5.74) is 0.347. The Morgan fingerprint density at radius 3 is 2.81 bits per heavy atom. The van der Waals surface area contributed by atoms with E-state index in [-0.39, 0.29) is 11.3 Å². The third kappa shape index (κ3) is 3.98. The zero-order chi connectivity index (χ0) is 22.0. The molecule has 1 aliphatic heterocycles. The van der Waals surface area contributed by atoms with Gasteiger partial charge in [0.05, 0.1) is 12.2 Å². The average molecular weight is 439 g/mol. The Morgan fingerprint density at radius 1 is 1.29 bits per heavy atom. The molecule has 0 bridgehead atoms. The van der Waals surface area contributed by atoms with E-state index in [1.54, 1.807) is 54.9 Å². The Bertz CT molecular complexity index is 1130. The number of benzene rings is 1. The number of carbonyl (C=O) groups excluding carboxylic acids is 2. The topological polar surface area (TPSA) is 92.9 Å². The minimum atomic E-state index is -0.912. The molecule has 0 saturated carbocycles.